The zero-order valence-corrected chi connectivity index (χ0v) is 13.0. The predicted octanol–water partition coefficient (Wildman–Crippen LogP) is 2.20. The van der Waals surface area contributed by atoms with Crippen molar-refractivity contribution in [1.82, 2.24) is 10.2 Å². The summed E-state index contributed by atoms with van der Waals surface area (Å²) in [7, 11) is 0. The summed E-state index contributed by atoms with van der Waals surface area (Å²) in [5, 5.41) is 3.57. The molecule has 114 valence electrons. The molecule has 1 N–H and O–H groups in total. The van der Waals surface area contributed by atoms with Gasteiger partial charge in [-0.05, 0) is 56.8 Å². The Labute approximate surface area is 128 Å². The number of piperidine rings is 1. The van der Waals surface area contributed by atoms with Gasteiger partial charge in [0.1, 0.15) is 0 Å². The first kappa shape index (κ1) is 13.6. The lowest BCUT2D eigenvalue weighted by Gasteiger charge is -2.40. The molecule has 0 aromatic heterocycles. The zero-order valence-electron chi connectivity index (χ0n) is 13.0. The molecule has 0 amide bonds. The van der Waals surface area contributed by atoms with Crippen LogP contribution in [0.25, 0.3) is 0 Å². The molecule has 0 aliphatic carbocycles. The fourth-order valence-corrected chi connectivity index (χ4v) is 4.78. The molecular weight excluding hydrogens is 258 g/mol. The first-order valence-electron chi connectivity index (χ1n) is 8.59. The number of anilines is 1. The SMILES string of the molecule is CC1C2CNCC2CN1C1CCN(c2ccccc2)CC1. The van der Waals surface area contributed by atoms with Crippen LogP contribution in [0.2, 0.25) is 0 Å². The Morgan fingerprint density at radius 1 is 1.05 bits per heavy atom. The summed E-state index contributed by atoms with van der Waals surface area (Å²) < 4.78 is 0. The molecule has 1 aromatic carbocycles. The van der Waals surface area contributed by atoms with Gasteiger partial charge >= 0.3 is 0 Å². The van der Waals surface area contributed by atoms with E-state index in [1.807, 2.05) is 0 Å². The Morgan fingerprint density at radius 2 is 1.81 bits per heavy atom. The first-order valence-corrected chi connectivity index (χ1v) is 8.59. The molecule has 3 heteroatoms. The summed E-state index contributed by atoms with van der Waals surface area (Å²) in [5.74, 6) is 1.81. The highest BCUT2D eigenvalue weighted by Gasteiger charge is 2.44. The van der Waals surface area contributed by atoms with E-state index in [0.29, 0.717) is 0 Å². The average molecular weight is 285 g/mol. The van der Waals surface area contributed by atoms with Crippen molar-refractivity contribution >= 4 is 5.69 Å². The van der Waals surface area contributed by atoms with Crippen molar-refractivity contribution in [2.24, 2.45) is 11.8 Å². The van der Waals surface area contributed by atoms with Crippen LogP contribution >= 0.6 is 0 Å². The van der Waals surface area contributed by atoms with Crippen molar-refractivity contribution in [3.63, 3.8) is 0 Å². The van der Waals surface area contributed by atoms with E-state index in [1.165, 1.54) is 51.3 Å². The number of nitrogens with one attached hydrogen (secondary N) is 1. The maximum atomic E-state index is 3.57. The molecule has 0 radical (unpaired) electrons. The van der Waals surface area contributed by atoms with Crippen molar-refractivity contribution in [1.29, 1.82) is 0 Å². The van der Waals surface area contributed by atoms with Crippen molar-refractivity contribution in [2.75, 3.05) is 37.6 Å². The van der Waals surface area contributed by atoms with E-state index in [1.54, 1.807) is 0 Å². The van der Waals surface area contributed by atoms with Gasteiger partial charge in [0.2, 0.25) is 0 Å². The second-order valence-electron chi connectivity index (χ2n) is 7.07. The number of fused-ring (bicyclic) bond motifs is 1. The third-order valence-electron chi connectivity index (χ3n) is 6.03. The number of likely N-dealkylation sites (tertiary alicyclic amines) is 1. The Bertz CT molecular complexity index is 467. The van der Waals surface area contributed by atoms with Gasteiger partial charge < -0.3 is 10.2 Å². The van der Waals surface area contributed by atoms with Crippen LogP contribution in [0.15, 0.2) is 30.3 Å². The fourth-order valence-electron chi connectivity index (χ4n) is 4.78. The van der Waals surface area contributed by atoms with Crippen LogP contribution in [0.3, 0.4) is 0 Å². The molecule has 0 saturated carbocycles. The van der Waals surface area contributed by atoms with Crippen LogP contribution in [0.1, 0.15) is 19.8 Å². The van der Waals surface area contributed by atoms with E-state index in [9.17, 15) is 0 Å². The van der Waals surface area contributed by atoms with Gasteiger partial charge in [-0.2, -0.15) is 0 Å². The maximum absolute atomic E-state index is 3.57. The molecule has 3 aliphatic rings. The summed E-state index contributed by atoms with van der Waals surface area (Å²) >= 11 is 0. The predicted molar refractivity (Wildman–Crippen MR) is 87.7 cm³/mol. The molecule has 1 aromatic rings. The van der Waals surface area contributed by atoms with Crippen LogP contribution in [0, 0.1) is 11.8 Å². The molecule has 3 fully saturated rings. The van der Waals surface area contributed by atoms with Gasteiger partial charge in [-0.15, -0.1) is 0 Å². The Morgan fingerprint density at radius 3 is 2.52 bits per heavy atom. The van der Waals surface area contributed by atoms with Gasteiger partial charge in [0.15, 0.2) is 0 Å². The van der Waals surface area contributed by atoms with Gasteiger partial charge in [-0.3, -0.25) is 4.90 Å². The monoisotopic (exact) mass is 285 g/mol. The average Bonchev–Trinajstić information content (AvgIpc) is 3.12. The van der Waals surface area contributed by atoms with Crippen LogP contribution in [-0.4, -0.2) is 49.7 Å². The second-order valence-corrected chi connectivity index (χ2v) is 7.07. The van der Waals surface area contributed by atoms with E-state index < -0.39 is 0 Å². The molecule has 3 nitrogen and oxygen atoms in total. The minimum absolute atomic E-state index is 0.776. The quantitative estimate of drug-likeness (QED) is 0.898. The standard InChI is InChI=1S/C18H27N3/c1-14-18-12-19-11-15(18)13-21(14)17-7-9-20(10-8-17)16-5-3-2-4-6-16/h2-6,14-15,17-19H,7-13H2,1H3. The summed E-state index contributed by atoms with van der Waals surface area (Å²) in [5.41, 5.74) is 1.39. The lowest BCUT2D eigenvalue weighted by atomic mass is 9.95. The second kappa shape index (κ2) is 5.62. The molecule has 3 unspecified atom stereocenters. The van der Waals surface area contributed by atoms with Crippen LogP contribution in [0.4, 0.5) is 5.69 Å². The van der Waals surface area contributed by atoms with Gasteiger partial charge in [0, 0.05) is 37.4 Å². The summed E-state index contributed by atoms with van der Waals surface area (Å²) in [4.78, 5) is 5.39. The van der Waals surface area contributed by atoms with E-state index in [0.717, 1.165) is 23.9 Å². The first-order chi connectivity index (χ1) is 10.3. The molecule has 3 heterocycles. The number of nitrogens with zero attached hydrogens (tertiary/aromatic N) is 2. The van der Waals surface area contributed by atoms with Crippen molar-refractivity contribution < 1.29 is 0 Å². The minimum atomic E-state index is 0.776. The van der Waals surface area contributed by atoms with Crippen molar-refractivity contribution in [3.8, 4) is 0 Å². The molecule has 21 heavy (non-hydrogen) atoms. The van der Waals surface area contributed by atoms with Crippen LogP contribution < -0.4 is 10.2 Å². The number of para-hydroxylation sites is 1. The normalized spacial score (nSPS) is 34.3. The van der Waals surface area contributed by atoms with Crippen LogP contribution in [-0.2, 0) is 0 Å². The third-order valence-corrected chi connectivity index (χ3v) is 6.03. The maximum Gasteiger partial charge on any atom is 0.0366 e. The van der Waals surface area contributed by atoms with E-state index >= 15 is 0 Å². The van der Waals surface area contributed by atoms with Gasteiger partial charge in [-0.1, -0.05) is 18.2 Å². The highest BCUT2D eigenvalue weighted by molar-refractivity contribution is 5.46. The third kappa shape index (κ3) is 2.47. The molecule has 4 rings (SSSR count). The van der Waals surface area contributed by atoms with E-state index in [4.69, 9.17) is 0 Å². The highest BCUT2D eigenvalue weighted by atomic mass is 15.3. The lowest BCUT2D eigenvalue weighted by molar-refractivity contribution is 0.146. The van der Waals surface area contributed by atoms with E-state index in [2.05, 4.69) is 52.4 Å². The smallest absolute Gasteiger partial charge is 0.0366 e. The topological polar surface area (TPSA) is 18.5 Å². The number of hydrogen-bond donors (Lipinski definition) is 1. The molecule has 3 aliphatic heterocycles. The van der Waals surface area contributed by atoms with Crippen molar-refractivity contribution in [2.45, 2.75) is 31.8 Å². The van der Waals surface area contributed by atoms with Gasteiger partial charge in [0.25, 0.3) is 0 Å². The molecule has 3 atom stereocenters. The summed E-state index contributed by atoms with van der Waals surface area (Å²) in [6.45, 7) is 8.70. The summed E-state index contributed by atoms with van der Waals surface area (Å²) in [6, 6.07) is 12.5. The van der Waals surface area contributed by atoms with Crippen LogP contribution in [0.5, 0.6) is 0 Å². The molecule has 0 spiro atoms. The number of rotatable bonds is 2. The Kier molecular flexibility index (Phi) is 3.64. The zero-order chi connectivity index (χ0) is 14.2. The minimum Gasteiger partial charge on any atom is -0.371 e. The van der Waals surface area contributed by atoms with Gasteiger partial charge in [-0.25, -0.2) is 0 Å². The van der Waals surface area contributed by atoms with E-state index in [-0.39, 0.29) is 0 Å². The number of benzene rings is 1. The lowest BCUT2D eigenvalue weighted by Crippen LogP contribution is -2.47. The van der Waals surface area contributed by atoms with Gasteiger partial charge in [0.05, 0.1) is 0 Å². The fraction of sp³-hybridized carbons (Fsp3) is 0.667. The molecule has 0 bridgehead atoms. The Balaban J connectivity index is 1.37. The summed E-state index contributed by atoms with van der Waals surface area (Å²) in [6.07, 6.45) is 2.65. The molecule has 3 saturated heterocycles. The number of hydrogen-bond acceptors (Lipinski definition) is 3. The Hall–Kier alpha value is -1.06. The van der Waals surface area contributed by atoms with Crippen molar-refractivity contribution in [3.05, 3.63) is 30.3 Å². The molecular formula is C18H27N3. The largest absolute Gasteiger partial charge is 0.371 e. The highest BCUT2D eigenvalue weighted by Crippen LogP contribution is 2.36.